The van der Waals surface area contributed by atoms with Crippen LogP contribution < -0.4 is 4.74 Å². The highest BCUT2D eigenvalue weighted by Gasteiger charge is 2.11. The summed E-state index contributed by atoms with van der Waals surface area (Å²) in [6.45, 7) is 8.12. The molecule has 0 unspecified atom stereocenters. The van der Waals surface area contributed by atoms with Gasteiger partial charge in [-0.25, -0.2) is 0 Å². The normalized spacial score (nSPS) is 11.4. The van der Waals surface area contributed by atoms with Gasteiger partial charge >= 0.3 is 0 Å². The fourth-order valence-electron chi connectivity index (χ4n) is 1.77. The summed E-state index contributed by atoms with van der Waals surface area (Å²) < 4.78 is 5.44. The Kier molecular flexibility index (Phi) is 6.71. The van der Waals surface area contributed by atoms with Crippen molar-refractivity contribution in [3.8, 4) is 5.75 Å². The van der Waals surface area contributed by atoms with Crippen LogP contribution in [0.25, 0.3) is 0 Å². The molecule has 0 saturated carbocycles. The average molecular weight is 265 g/mol. The van der Waals surface area contributed by atoms with Gasteiger partial charge in [0, 0.05) is 0 Å². The van der Waals surface area contributed by atoms with Gasteiger partial charge in [0.15, 0.2) is 11.4 Å². The third kappa shape index (κ3) is 4.77. The van der Waals surface area contributed by atoms with Crippen LogP contribution in [0.4, 0.5) is 5.69 Å². The van der Waals surface area contributed by atoms with Crippen molar-refractivity contribution in [3.05, 3.63) is 29.5 Å². The van der Waals surface area contributed by atoms with E-state index in [9.17, 15) is 5.21 Å². The van der Waals surface area contributed by atoms with E-state index in [2.05, 4.69) is 19.1 Å². The highest BCUT2D eigenvalue weighted by molar-refractivity contribution is 5.45. The largest absolute Gasteiger partial charge is 0.691 e. The first kappa shape index (κ1) is 15.3. The highest BCUT2D eigenvalue weighted by Crippen LogP contribution is 2.26. The van der Waals surface area contributed by atoms with Crippen LogP contribution in [-0.2, 0) is 0 Å². The Bertz CT molecular complexity index is 401. The van der Waals surface area contributed by atoms with Crippen LogP contribution in [0, 0.1) is 5.21 Å². The first-order valence-corrected chi connectivity index (χ1v) is 6.88. The summed E-state index contributed by atoms with van der Waals surface area (Å²) in [5.74, 6) is 0.566. The van der Waals surface area contributed by atoms with Crippen LogP contribution in [0.5, 0.6) is 5.75 Å². The van der Waals surface area contributed by atoms with Crippen LogP contribution in [0.3, 0.4) is 0 Å². The number of rotatable bonds is 8. The lowest BCUT2D eigenvalue weighted by atomic mass is 10.3. The molecular weight excluding hydrogens is 242 g/mol. The van der Waals surface area contributed by atoms with Gasteiger partial charge in [0.05, 0.1) is 11.8 Å². The van der Waals surface area contributed by atoms with Gasteiger partial charge in [-0.2, -0.15) is 5.01 Å². The standard InChI is InChI=1S/C14H23N3O2/c1-4-11-16(12-5-2)15-17(18)13-9-7-8-10-14(13)19-6-3/h7-10H,4-6,11-12H2,1-3H3. The second-order valence-corrected chi connectivity index (χ2v) is 4.22. The third-order valence-corrected chi connectivity index (χ3v) is 2.54. The van der Waals surface area contributed by atoms with Crippen LogP contribution in [0.2, 0.25) is 0 Å². The smallest absolute Gasteiger partial charge is 0.195 e. The fraction of sp³-hybridized carbons (Fsp3) is 0.571. The zero-order valence-corrected chi connectivity index (χ0v) is 12.0. The van der Waals surface area contributed by atoms with Crippen LogP contribution in [0.15, 0.2) is 29.5 Å². The van der Waals surface area contributed by atoms with E-state index in [0.717, 1.165) is 25.9 Å². The zero-order valence-electron chi connectivity index (χ0n) is 12.0. The lowest BCUT2D eigenvalue weighted by Crippen LogP contribution is -2.21. The topological polar surface area (TPSA) is 50.9 Å². The molecule has 106 valence electrons. The maximum atomic E-state index is 12.1. The van der Waals surface area contributed by atoms with Crippen molar-refractivity contribution in [3.63, 3.8) is 0 Å². The van der Waals surface area contributed by atoms with Gasteiger partial charge in [0.2, 0.25) is 0 Å². The molecule has 0 heterocycles. The molecule has 0 aliphatic heterocycles. The van der Waals surface area contributed by atoms with Crippen molar-refractivity contribution in [2.24, 2.45) is 5.22 Å². The van der Waals surface area contributed by atoms with Crippen molar-refractivity contribution in [1.29, 1.82) is 0 Å². The molecule has 0 aliphatic carbocycles. The lowest BCUT2D eigenvalue weighted by Gasteiger charge is -2.15. The minimum Gasteiger partial charge on any atom is -0.691 e. The Morgan fingerprint density at radius 1 is 1.16 bits per heavy atom. The number of nitrogens with zero attached hydrogens (tertiary/aromatic N) is 3. The molecule has 0 amide bonds. The molecule has 1 aromatic carbocycles. The van der Waals surface area contributed by atoms with Gasteiger partial charge in [0.25, 0.3) is 0 Å². The Morgan fingerprint density at radius 3 is 2.37 bits per heavy atom. The van der Waals surface area contributed by atoms with Crippen LogP contribution >= 0.6 is 0 Å². The summed E-state index contributed by atoms with van der Waals surface area (Å²) in [5.41, 5.74) is 0.446. The molecule has 19 heavy (non-hydrogen) atoms. The van der Waals surface area contributed by atoms with Crippen molar-refractivity contribution < 1.29 is 9.60 Å². The van der Waals surface area contributed by atoms with Crippen molar-refractivity contribution in [2.45, 2.75) is 33.6 Å². The van der Waals surface area contributed by atoms with Gasteiger partial charge in [-0.15, -0.1) is 4.86 Å². The number of benzene rings is 1. The average Bonchev–Trinajstić information content (AvgIpc) is 2.40. The molecule has 0 bridgehead atoms. The monoisotopic (exact) mass is 265 g/mol. The Morgan fingerprint density at radius 2 is 1.79 bits per heavy atom. The summed E-state index contributed by atoms with van der Waals surface area (Å²) in [5, 5.41) is 18.0. The predicted molar refractivity (Wildman–Crippen MR) is 75.5 cm³/mol. The maximum absolute atomic E-state index is 12.1. The van der Waals surface area contributed by atoms with Crippen LogP contribution in [0.1, 0.15) is 33.6 Å². The zero-order chi connectivity index (χ0) is 14.1. The second-order valence-electron chi connectivity index (χ2n) is 4.22. The summed E-state index contributed by atoms with van der Waals surface area (Å²) in [7, 11) is 0. The van der Waals surface area contributed by atoms with E-state index in [1.54, 1.807) is 17.1 Å². The van der Waals surface area contributed by atoms with E-state index in [4.69, 9.17) is 4.74 Å². The summed E-state index contributed by atoms with van der Waals surface area (Å²) in [4.78, 5) is 0.649. The molecular formula is C14H23N3O2. The molecule has 1 aromatic rings. The molecule has 5 heteroatoms. The summed E-state index contributed by atoms with van der Waals surface area (Å²) in [6, 6.07) is 7.15. The number of hydrogen-bond acceptors (Lipinski definition) is 3. The maximum Gasteiger partial charge on any atom is 0.195 e. The van der Waals surface area contributed by atoms with E-state index in [-0.39, 0.29) is 0 Å². The van der Waals surface area contributed by atoms with E-state index in [1.807, 2.05) is 19.1 Å². The summed E-state index contributed by atoms with van der Waals surface area (Å²) >= 11 is 0. The molecule has 0 aromatic heterocycles. The second kappa shape index (κ2) is 8.34. The number of para-hydroxylation sites is 2. The lowest BCUT2D eigenvalue weighted by molar-refractivity contribution is -0.462. The molecule has 0 fully saturated rings. The molecule has 5 nitrogen and oxygen atoms in total. The van der Waals surface area contributed by atoms with Gasteiger partial charge < -0.3 is 9.94 Å². The minimum atomic E-state index is 0.446. The first-order chi connectivity index (χ1) is 9.22. The first-order valence-electron chi connectivity index (χ1n) is 6.88. The minimum absolute atomic E-state index is 0.446. The Labute approximate surface area is 115 Å². The van der Waals surface area contributed by atoms with Gasteiger partial charge in [-0.05, 0) is 31.9 Å². The number of hydrogen-bond donors (Lipinski definition) is 0. The van der Waals surface area contributed by atoms with E-state index in [1.165, 1.54) is 0 Å². The fourth-order valence-corrected chi connectivity index (χ4v) is 1.77. The molecule has 0 aliphatic rings. The van der Waals surface area contributed by atoms with E-state index in [0.29, 0.717) is 22.9 Å². The van der Waals surface area contributed by atoms with Crippen molar-refractivity contribution in [1.82, 2.24) is 5.01 Å². The van der Waals surface area contributed by atoms with E-state index >= 15 is 0 Å². The molecule has 0 saturated heterocycles. The predicted octanol–water partition coefficient (Wildman–Crippen LogP) is 3.72. The molecule has 1 rings (SSSR count). The van der Waals surface area contributed by atoms with Gasteiger partial charge in [-0.3, -0.25) is 0 Å². The Balaban J connectivity index is 2.93. The quantitative estimate of drug-likeness (QED) is 0.409. The van der Waals surface area contributed by atoms with Gasteiger partial charge in [0.1, 0.15) is 13.1 Å². The van der Waals surface area contributed by atoms with Crippen molar-refractivity contribution in [2.75, 3.05) is 19.7 Å². The molecule has 0 radical (unpaired) electrons. The summed E-state index contributed by atoms with van der Waals surface area (Å²) in [6.07, 6.45) is 1.93. The van der Waals surface area contributed by atoms with Crippen LogP contribution in [-0.4, -0.2) is 29.6 Å². The third-order valence-electron chi connectivity index (χ3n) is 2.54. The SMILES string of the molecule is CCCN(CCC)N=[N+]([O-])c1ccccc1OCC. The number of ether oxygens (including phenoxy) is 1. The Hall–Kier alpha value is -1.78. The molecule has 0 N–H and O–H groups in total. The van der Waals surface area contributed by atoms with Crippen molar-refractivity contribution >= 4 is 5.69 Å². The van der Waals surface area contributed by atoms with E-state index < -0.39 is 0 Å². The highest BCUT2D eigenvalue weighted by atomic mass is 16.5. The molecule has 0 spiro atoms. The van der Waals surface area contributed by atoms with Gasteiger partial charge in [-0.1, -0.05) is 26.0 Å². The molecule has 0 atom stereocenters.